The molecule has 41 valence electrons. The van der Waals surface area contributed by atoms with Crippen molar-refractivity contribution in [2.45, 2.75) is 12.7 Å². The standard InChI is InChI=1S/C3H6NO3/c1-3(6,7)2(4)5/h4,6-7H,1H3. The number of hydrogen-bond acceptors (Lipinski definition) is 3. The Morgan fingerprint density at radius 2 is 1.86 bits per heavy atom. The second-order valence-electron chi connectivity index (χ2n) is 1.35. The average molecular weight is 104 g/mol. The minimum atomic E-state index is -2.47. The number of carbonyl (C=O) groups excluding carboxylic acids is 1. The fourth-order valence-electron chi connectivity index (χ4n) is 0. The molecule has 0 atom stereocenters. The Balaban J connectivity index is 3.79. The normalized spacial score (nSPS) is 11.3. The molecule has 0 bridgehead atoms. The summed E-state index contributed by atoms with van der Waals surface area (Å²) in [7, 11) is 0. The fraction of sp³-hybridized carbons (Fsp3) is 0.667. The van der Waals surface area contributed by atoms with Crippen molar-refractivity contribution in [1.29, 1.82) is 0 Å². The zero-order valence-corrected chi connectivity index (χ0v) is 3.80. The van der Waals surface area contributed by atoms with Gasteiger partial charge in [-0.15, -0.1) is 0 Å². The predicted octanol–water partition coefficient (Wildman–Crippen LogP) is -1.50. The van der Waals surface area contributed by atoms with Crippen LogP contribution >= 0.6 is 0 Å². The molecule has 0 unspecified atom stereocenters. The van der Waals surface area contributed by atoms with E-state index in [9.17, 15) is 4.79 Å². The maximum atomic E-state index is 9.63. The van der Waals surface area contributed by atoms with E-state index in [4.69, 9.17) is 15.9 Å². The quantitative estimate of drug-likeness (QED) is 0.397. The van der Waals surface area contributed by atoms with Crippen LogP contribution in [0.4, 0.5) is 0 Å². The third-order valence-electron chi connectivity index (χ3n) is 0.430. The molecule has 0 aromatic carbocycles. The summed E-state index contributed by atoms with van der Waals surface area (Å²) in [6.07, 6.45) is 0. The minimum Gasteiger partial charge on any atom is -0.358 e. The van der Waals surface area contributed by atoms with E-state index in [1.54, 1.807) is 0 Å². The lowest BCUT2D eigenvalue weighted by Gasteiger charge is -2.06. The molecule has 1 amide bonds. The van der Waals surface area contributed by atoms with Gasteiger partial charge in [-0.1, -0.05) is 0 Å². The van der Waals surface area contributed by atoms with Gasteiger partial charge in [-0.3, -0.25) is 10.5 Å². The van der Waals surface area contributed by atoms with E-state index in [0.29, 0.717) is 0 Å². The molecule has 0 aromatic rings. The second kappa shape index (κ2) is 1.48. The van der Waals surface area contributed by atoms with Crippen LogP contribution in [0.5, 0.6) is 0 Å². The van der Waals surface area contributed by atoms with Gasteiger partial charge in [-0.2, -0.15) is 0 Å². The van der Waals surface area contributed by atoms with Crippen molar-refractivity contribution in [2.24, 2.45) is 0 Å². The number of hydrogen-bond donors (Lipinski definition) is 2. The van der Waals surface area contributed by atoms with Crippen LogP contribution in [0.3, 0.4) is 0 Å². The molecule has 0 aliphatic carbocycles. The maximum Gasteiger partial charge on any atom is 0.297 e. The summed E-state index contributed by atoms with van der Waals surface area (Å²) in [5, 5.41) is 16.2. The summed E-state index contributed by atoms with van der Waals surface area (Å²) in [4.78, 5) is 9.63. The summed E-state index contributed by atoms with van der Waals surface area (Å²) < 4.78 is 0. The van der Waals surface area contributed by atoms with Crippen molar-refractivity contribution in [2.75, 3.05) is 0 Å². The van der Waals surface area contributed by atoms with Gasteiger partial charge in [0, 0.05) is 0 Å². The number of aliphatic hydroxyl groups is 2. The van der Waals surface area contributed by atoms with Crippen molar-refractivity contribution in [3.8, 4) is 0 Å². The van der Waals surface area contributed by atoms with Gasteiger partial charge < -0.3 is 10.2 Å². The predicted molar refractivity (Wildman–Crippen MR) is 20.9 cm³/mol. The molecule has 4 nitrogen and oxygen atoms in total. The van der Waals surface area contributed by atoms with Crippen molar-refractivity contribution < 1.29 is 15.0 Å². The number of nitrogens with one attached hydrogen (secondary N) is 1. The van der Waals surface area contributed by atoms with E-state index in [2.05, 4.69) is 0 Å². The van der Waals surface area contributed by atoms with E-state index >= 15 is 0 Å². The van der Waals surface area contributed by atoms with E-state index < -0.39 is 11.7 Å². The van der Waals surface area contributed by atoms with Gasteiger partial charge >= 0.3 is 0 Å². The highest BCUT2D eigenvalue weighted by Gasteiger charge is 2.23. The lowest BCUT2D eigenvalue weighted by atomic mass is 10.3. The number of amides is 1. The lowest BCUT2D eigenvalue weighted by molar-refractivity contribution is -0.175. The maximum absolute atomic E-state index is 9.63. The molecule has 0 saturated heterocycles. The first kappa shape index (κ1) is 6.39. The van der Waals surface area contributed by atoms with Crippen molar-refractivity contribution in [3.05, 3.63) is 0 Å². The van der Waals surface area contributed by atoms with Gasteiger partial charge in [0.1, 0.15) is 0 Å². The summed E-state index contributed by atoms with van der Waals surface area (Å²) in [5.74, 6) is -3.87. The van der Waals surface area contributed by atoms with Crippen LogP contribution in [-0.2, 0) is 4.79 Å². The SMILES string of the molecule is CC(O)(O)C([NH])=O. The average Bonchev–Trinajstić information content (AvgIpc) is 1.31. The van der Waals surface area contributed by atoms with Gasteiger partial charge in [-0.05, 0) is 6.92 Å². The molecule has 0 rings (SSSR count). The van der Waals surface area contributed by atoms with E-state index in [0.717, 1.165) is 6.92 Å². The van der Waals surface area contributed by atoms with Crippen LogP contribution in [0.15, 0.2) is 0 Å². The van der Waals surface area contributed by atoms with Crippen LogP contribution < -0.4 is 5.73 Å². The molecule has 0 spiro atoms. The first-order valence-corrected chi connectivity index (χ1v) is 1.65. The van der Waals surface area contributed by atoms with Crippen molar-refractivity contribution in [3.63, 3.8) is 0 Å². The van der Waals surface area contributed by atoms with E-state index in [-0.39, 0.29) is 0 Å². The highest BCUT2D eigenvalue weighted by Crippen LogP contribution is 1.92. The molecule has 0 aliphatic heterocycles. The summed E-state index contributed by atoms with van der Waals surface area (Å²) in [6, 6.07) is 0. The van der Waals surface area contributed by atoms with Gasteiger partial charge in [0.15, 0.2) is 0 Å². The third-order valence-corrected chi connectivity index (χ3v) is 0.430. The largest absolute Gasteiger partial charge is 0.358 e. The minimum absolute atomic E-state index is 0.836. The Labute approximate surface area is 40.6 Å². The van der Waals surface area contributed by atoms with E-state index in [1.165, 1.54) is 0 Å². The van der Waals surface area contributed by atoms with Crippen LogP contribution in [0.25, 0.3) is 0 Å². The van der Waals surface area contributed by atoms with Crippen molar-refractivity contribution >= 4 is 5.91 Å². The molecular formula is C3H6NO3. The molecule has 0 saturated carbocycles. The summed E-state index contributed by atoms with van der Waals surface area (Å²) in [5.41, 5.74) is 6.09. The summed E-state index contributed by atoms with van der Waals surface area (Å²) >= 11 is 0. The number of rotatable bonds is 1. The Hall–Kier alpha value is -0.610. The first-order chi connectivity index (χ1) is 2.94. The molecular weight excluding hydrogens is 98.0 g/mol. The van der Waals surface area contributed by atoms with Crippen molar-refractivity contribution in [1.82, 2.24) is 5.73 Å². The van der Waals surface area contributed by atoms with Crippen LogP contribution in [0.2, 0.25) is 0 Å². The van der Waals surface area contributed by atoms with Gasteiger partial charge in [0.05, 0.1) is 0 Å². The third kappa shape index (κ3) is 2.13. The Morgan fingerprint density at radius 3 is 1.86 bits per heavy atom. The summed E-state index contributed by atoms with van der Waals surface area (Å²) in [6.45, 7) is 0.836. The molecule has 0 fully saturated rings. The molecule has 4 heteroatoms. The number of carbonyl (C=O) groups is 1. The zero-order chi connectivity index (χ0) is 6.08. The highest BCUT2D eigenvalue weighted by molar-refractivity contribution is 5.79. The Bertz CT molecular complexity index is 82.7. The molecule has 0 aromatic heterocycles. The van der Waals surface area contributed by atoms with Gasteiger partial charge in [-0.25, -0.2) is 0 Å². The lowest BCUT2D eigenvalue weighted by Crippen LogP contribution is -2.34. The van der Waals surface area contributed by atoms with Gasteiger partial charge in [0.25, 0.3) is 5.91 Å². The van der Waals surface area contributed by atoms with Crippen LogP contribution in [0, 0.1) is 0 Å². The zero-order valence-electron chi connectivity index (χ0n) is 3.80. The van der Waals surface area contributed by atoms with Crippen LogP contribution in [-0.4, -0.2) is 21.9 Å². The van der Waals surface area contributed by atoms with E-state index in [1.807, 2.05) is 0 Å². The molecule has 3 N–H and O–H groups in total. The molecule has 0 heterocycles. The monoisotopic (exact) mass is 104 g/mol. The smallest absolute Gasteiger partial charge is 0.297 e. The molecule has 7 heavy (non-hydrogen) atoms. The molecule has 1 radical (unpaired) electrons. The Morgan fingerprint density at radius 1 is 1.71 bits per heavy atom. The topological polar surface area (TPSA) is 81.3 Å². The fourth-order valence-corrected chi connectivity index (χ4v) is 0. The van der Waals surface area contributed by atoms with Crippen LogP contribution in [0.1, 0.15) is 6.92 Å². The first-order valence-electron chi connectivity index (χ1n) is 1.65. The molecule has 0 aliphatic rings. The Kier molecular flexibility index (Phi) is 1.35. The highest BCUT2D eigenvalue weighted by atomic mass is 16.5. The van der Waals surface area contributed by atoms with Gasteiger partial charge in [0.2, 0.25) is 5.79 Å². The second-order valence-corrected chi connectivity index (χ2v) is 1.35.